The second-order valence-electron chi connectivity index (χ2n) is 2.93. The van der Waals surface area contributed by atoms with Gasteiger partial charge in [-0.25, -0.2) is 0 Å². The van der Waals surface area contributed by atoms with Crippen LogP contribution in [0.25, 0.3) is 0 Å². The molecule has 0 aromatic heterocycles. The van der Waals surface area contributed by atoms with E-state index < -0.39 is 0 Å². The average Bonchev–Trinajstić information content (AvgIpc) is 2.19. The lowest BCUT2D eigenvalue weighted by Gasteiger charge is -2.04. The van der Waals surface area contributed by atoms with E-state index in [0.29, 0.717) is 19.8 Å². The van der Waals surface area contributed by atoms with Crippen LogP contribution < -0.4 is 5.73 Å². The van der Waals surface area contributed by atoms with Gasteiger partial charge in [-0.1, -0.05) is 36.9 Å². The topological polar surface area (TPSA) is 35.2 Å². The van der Waals surface area contributed by atoms with Crippen LogP contribution >= 0.6 is 0 Å². The number of nitrogens with two attached hydrogens (primary N) is 1. The largest absolute Gasteiger partial charge is 0.372 e. The van der Waals surface area contributed by atoms with Crippen molar-refractivity contribution in [1.29, 1.82) is 0 Å². The number of hydrogen-bond acceptors (Lipinski definition) is 2. The molecule has 1 rings (SSSR count). The summed E-state index contributed by atoms with van der Waals surface area (Å²) in [5, 5.41) is 0. The van der Waals surface area contributed by atoms with E-state index in [9.17, 15) is 0 Å². The lowest BCUT2D eigenvalue weighted by molar-refractivity contribution is 0.142. The summed E-state index contributed by atoms with van der Waals surface area (Å²) in [6.07, 6.45) is 0. The fourth-order valence-corrected chi connectivity index (χ4v) is 0.946. The molecule has 0 amide bonds. The van der Waals surface area contributed by atoms with Crippen molar-refractivity contribution in [2.24, 2.45) is 5.73 Å². The molecule has 2 N–H and O–H groups in total. The summed E-state index contributed by atoms with van der Waals surface area (Å²) in [6.45, 7) is 5.42. The Morgan fingerprint density at radius 3 is 2.62 bits per heavy atom. The minimum absolute atomic E-state index is 0.495. The summed E-state index contributed by atoms with van der Waals surface area (Å²) in [6, 6.07) is 10.0. The first-order valence-corrected chi connectivity index (χ1v) is 4.31. The van der Waals surface area contributed by atoms with Crippen LogP contribution in [0.3, 0.4) is 0 Å². The molecule has 0 spiro atoms. The van der Waals surface area contributed by atoms with Crippen LogP contribution in [0.5, 0.6) is 0 Å². The maximum atomic E-state index is 5.39. The maximum absolute atomic E-state index is 5.39. The van der Waals surface area contributed by atoms with Gasteiger partial charge in [-0.2, -0.15) is 0 Å². The number of hydrogen-bond donors (Lipinski definition) is 1. The predicted molar refractivity (Wildman–Crippen MR) is 54.3 cm³/mol. The lowest BCUT2D eigenvalue weighted by atomic mass is 10.2. The molecule has 0 radical (unpaired) electrons. The second-order valence-corrected chi connectivity index (χ2v) is 2.93. The maximum Gasteiger partial charge on any atom is 0.0721 e. The van der Waals surface area contributed by atoms with Crippen molar-refractivity contribution in [3.63, 3.8) is 0 Å². The van der Waals surface area contributed by atoms with Crippen LogP contribution in [0.4, 0.5) is 0 Å². The summed E-state index contributed by atoms with van der Waals surface area (Å²) in [5.74, 6) is 0. The van der Waals surface area contributed by atoms with Crippen molar-refractivity contribution in [1.82, 2.24) is 0 Å². The molecular weight excluding hydrogens is 162 g/mol. The molecule has 1 aromatic rings. The smallest absolute Gasteiger partial charge is 0.0721 e. The average molecular weight is 177 g/mol. The van der Waals surface area contributed by atoms with Crippen LogP contribution in [0.1, 0.15) is 5.56 Å². The molecule has 1 aromatic carbocycles. The molecule has 0 atom stereocenters. The summed E-state index contributed by atoms with van der Waals surface area (Å²) >= 11 is 0. The van der Waals surface area contributed by atoms with E-state index in [-0.39, 0.29) is 0 Å². The van der Waals surface area contributed by atoms with Gasteiger partial charge in [0.05, 0.1) is 13.2 Å². The highest BCUT2D eigenvalue weighted by atomic mass is 16.5. The van der Waals surface area contributed by atoms with Gasteiger partial charge < -0.3 is 10.5 Å². The summed E-state index contributed by atoms with van der Waals surface area (Å²) in [7, 11) is 0. The first kappa shape index (κ1) is 9.96. The molecule has 0 saturated carbocycles. The van der Waals surface area contributed by atoms with Gasteiger partial charge in [-0.15, -0.1) is 0 Å². The Balaban J connectivity index is 2.24. The molecule has 0 heterocycles. The van der Waals surface area contributed by atoms with Crippen LogP contribution in [0.15, 0.2) is 42.5 Å². The standard InChI is InChI=1S/C11H15NO/c1-10(7-12)8-13-9-11-5-3-2-4-6-11/h2-6H,1,7-9,12H2. The van der Waals surface area contributed by atoms with Crippen molar-refractivity contribution < 1.29 is 4.74 Å². The molecular formula is C11H15NO. The van der Waals surface area contributed by atoms with Crippen LogP contribution in [0.2, 0.25) is 0 Å². The Hall–Kier alpha value is -1.12. The van der Waals surface area contributed by atoms with Gasteiger partial charge >= 0.3 is 0 Å². The molecule has 0 bridgehead atoms. The van der Waals surface area contributed by atoms with E-state index in [1.165, 1.54) is 5.56 Å². The van der Waals surface area contributed by atoms with E-state index in [1.54, 1.807) is 0 Å². The third-order valence-corrected chi connectivity index (χ3v) is 1.71. The molecule has 70 valence electrons. The van der Waals surface area contributed by atoms with Crippen molar-refractivity contribution in [3.05, 3.63) is 48.0 Å². The van der Waals surface area contributed by atoms with Crippen LogP contribution in [-0.4, -0.2) is 13.2 Å². The van der Waals surface area contributed by atoms with Crippen molar-refractivity contribution in [2.45, 2.75) is 6.61 Å². The fraction of sp³-hybridized carbons (Fsp3) is 0.273. The van der Waals surface area contributed by atoms with Gasteiger partial charge in [-0.3, -0.25) is 0 Å². The lowest BCUT2D eigenvalue weighted by Crippen LogP contribution is -2.07. The van der Waals surface area contributed by atoms with Gasteiger partial charge in [0.2, 0.25) is 0 Å². The normalized spacial score (nSPS) is 9.92. The summed E-state index contributed by atoms with van der Waals surface area (Å²) in [5.41, 5.74) is 7.47. The highest BCUT2D eigenvalue weighted by Gasteiger charge is 1.93. The molecule has 2 heteroatoms. The highest BCUT2D eigenvalue weighted by Crippen LogP contribution is 2.01. The first-order valence-electron chi connectivity index (χ1n) is 4.31. The van der Waals surface area contributed by atoms with Crippen molar-refractivity contribution in [2.75, 3.05) is 13.2 Å². The Kier molecular flexibility index (Phi) is 4.23. The Morgan fingerprint density at radius 1 is 1.31 bits per heavy atom. The third-order valence-electron chi connectivity index (χ3n) is 1.71. The zero-order valence-corrected chi connectivity index (χ0v) is 7.70. The molecule has 0 saturated heterocycles. The summed E-state index contributed by atoms with van der Waals surface area (Å²) < 4.78 is 5.39. The van der Waals surface area contributed by atoms with Crippen LogP contribution in [-0.2, 0) is 11.3 Å². The van der Waals surface area contributed by atoms with Crippen molar-refractivity contribution in [3.8, 4) is 0 Å². The third kappa shape index (κ3) is 3.87. The first-order chi connectivity index (χ1) is 6.33. The van der Waals surface area contributed by atoms with Gasteiger partial charge in [-0.05, 0) is 11.1 Å². The minimum Gasteiger partial charge on any atom is -0.372 e. The van der Waals surface area contributed by atoms with E-state index >= 15 is 0 Å². The summed E-state index contributed by atoms with van der Waals surface area (Å²) in [4.78, 5) is 0. The molecule has 0 aliphatic rings. The predicted octanol–water partition coefficient (Wildman–Crippen LogP) is 1.72. The van der Waals surface area contributed by atoms with E-state index in [4.69, 9.17) is 10.5 Å². The van der Waals surface area contributed by atoms with Gasteiger partial charge in [0, 0.05) is 6.54 Å². The van der Waals surface area contributed by atoms with Crippen molar-refractivity contribution >= 4 is 0 Å². The molecule has 0 aliphatic heterocycles. The highest BCUT2D eigenvalue weighted by molar-refractivity contribution is 5.13. The number of rotatable bonds is 5. The molecule has 13 heavy (non-hydrogen) atoms. The Morgan fingerprint density at radius 2 is 2.00 bits per heavy atom. The minimum atomic E-state index is 0.495. The molecule has 2 nitrogen and oxygen atoms in total. The monoisotopic (exact) mass is 177 g/mol. The Bertz CT molecular complexity index is 256. The van der Waals surface area contributed by atoms with E-state index in [0.717, 1.165) is 5.57 Å². The Labute approximate surface area is 79.0 Å². The van der Waals surface area contributed by atoms with Gasteiger partial charge in [0.25, 0.3) is 0 Å². The van der Waals surface area contributed by atoms with Gasteiger partial charge in [0.1, 0.15) is 0 Å². The molecule has 0 unspecified atom stereocenters. The number of benzene rings is 1. The van der Waals surface area contributed by atoms with E-state index in [2.05, 4.69) is 6.58 Å². The molecule has 0 fully saturated rings. The quantitative estimate of drug-likeness (QED) is 0.695. The number of ether oxygens (including phenoxy) is 1. The van der Waals surface area contributed by atoms with Gasteiger partial charge in [0.15, 0.2) is 0 Å². The zero-order valence-electron chi connectivity index (χ0n) is 7.70. The molecule has 0 aliphatic carbocycles. The second kappa shape index (κ2) is 5.51. The zero-order chi connectivity index (χ0) is 9.52. The SMILES string of the molecule is C=C(CN)COCc1ccccc1. The van der Waals surface area contributed by atoms with E-state index in [1.807, 2.05) is 30.3 Å². The fourth-order valence-electron chi connectivity index (χ4n) is 0.946. The van der Waals surface area contributed by atoms with Crippen LogP contribution in [0, 0.1) is 0 Å².